The summed E-state index contributed by atoms with van der Waals surface area (Å²) in [5.41, 5.74) is 0. The van der Waals surface area contributed by atoms with Crippen LogP contribution in [-0.4, -0.2) is 37.6 Å². The SMILES string of the molecule is CC.CCCCN(C)C1CCNCC1. The summed E-state index contributed by atoms with van der Waals surface area (Å²) in [6, 6.07) is 0.845. The second-order valence-corrected chi connectivity index (χ2v) is 3.82. The van der Waals surface area contributed by atoms with Crippen molar-refractivity contribution in [1.29, 1.82) is 0 Å². The molecule has 0 aromatic heterocycles. The molecule has 86 valence electrons. The summed E-state index contributed by atoms with van der Waals surface area (Å²) in [5, 5.41) is 3.40. The maximum Gasteiger partial charge on any atom is 0.0116 e. The molecule has 1 heterocycles. The minimum atomic E-state index is 0.845. The van der Waals surface area contributed by atoms with E-state index in [-0.39, 0.29) is 0 Å². The van der Waals surface area contributed by atoms with Crippen LogP contribution in [0, 0.1) is 0 Å². The maximum absolute atomic E-state index is 3.40. The van der Waals surface area contributed by atoms with Gasteiger partial charge in [0.15, 0.2) is 0 Å². The highest BCUT2D eigenvalue weighted by Crippen LogP contribution is 2.10. The second-order valence-electron chi connectivity index (χ2n) is 3.82. The van der Waals surface area contributed by atoms with Crippen LogP contribution >= 0.6 is 0 Å². The highest BCUT2D eigenvalue weighted by molar-refractivity contribution is 4.75. The van der Waals surface area contributed by atoms with E-state index in [4.69, 9.17) is 0 Å². The van der Waals surface area contributed by atoms with Crippen molar-refractivity contribution >= 4 is 0 Å². The van der Waals surface area contributed by atoms with Crippen molar-refractivity contribution in [3.8, 4) is 0 Å². The molecule has 0 radical (unpaired) electrons. The zero-order valence-electron chi connectivity index (χ0n) is 10.5. The smallest absolute Gasteiger partial charge is 0.0116 e. The molecular formula is C12H28N2. The summed E-state index contributed by atoms with van der Waals surface area (Å²) in [6.45, 7) is 9.96. The van der Waals surface area contributed by atoms with Gasteiger partial charge in [0.25, 0.3) is 0 Å². The Morgan fingerprint density at radius 1 is 1.21 bits per heavy atom. The molecule has 1 aliphatic rings. The molecule has 1 aliphatic heterocycles. The number of rotatable bonds is 4. The molecular weight excluding hydrogens is 172 g/mol. The first-order chi connectivity index (χ1) is 6.84. The van der Waals surface area contributed by atoms with E-state index in [9.17, 15) is 0 Å². The van der Waals surface area contributed by atoms with E-state index < -0.39 is 0 Å². The average molecular weight is 200 g/mol. The summed E-state index contributed by atoms with van der Waals surface area (Å²) < 4.78 is 0. The van der Waals surface area contributed by atoms with Gasteiger partial charge in [0, 0.05) is 6.04 Å². The predicted molar refractivity (Wildman–Crippen MR) is 64.8 cm³/mol. The summed E-state index contributed by atoms with van der Waals surface area (Å²) in [7, 11) is 2.27. The van der Waals surface area contributed by atoms with E-state index in [1.54, 1.807) is 0 Å². The molecule has 0 saturated carbocycles. The Morgan fingerprint density at radius 2 is 1.79 bits per heavy atom. The molecule has 0 spiro atoms. The van der Waals surface area contributed by atoms with E-state index >= 15 is 0 Å². The Morgan fingerprint density at radius 3 is 2.29 bits per heavy atom. The van der Waals surface area contributed by atoms with Gasteiger partial charge in [0.1, 0.15) is 0 Å². The minimum absolute atomic E-state index is 0.845. The lowest BCUT2D eigenvalue weighted by Crippen LogP contribution is -2.41. The third-order valence-corrected chi connectivity index (χ3v) is 2.80. The molecule has 0 aromatic carbocycles. The van der Waals surface area contributed by atoms with Crippen LogP contribution in [0.15, 0.2) is 0 Å². The zero-order valence-corrected chi connectivity index (χ0v) is 10.5. The van der Waals surface area contributed by atoms with Crippen LogP contribution in [-0.2, 0) is 0 Å². The number of nitrogens with zero attached hydrogens (tertiary/aromatic N) is 1. The topological polar surface area (TPSA) is 15.3 Å². The monoisotopic (exact) mass is 200 g/mol. The van der Waals surface area contributed by atoms with Gasteiger partial charge in [-0.1, -0.05) is 27.2 Å². The molecule has 0 bridgehead atoms. The van der Waals surface area contributed by atoms with Crippen LogP contribution < -0.4 is 5.32 Å². The van der Waals surface area contributed by atoms with Crippen molar-refractivity contribution in [3.05, 3.63) is 0 Å². The van der Waals surface area contributed by atoms with Crippen LogP contribution in [0.1, 0.15) is 46.5 Å². The number of piperidine rings is 1. The molecule has 0 aliphatic carbocycles. The molecule has 2 heteroatoms. The van der Waals surface area contributed by atoms with Crippen molar-refractivity contribution in [1.82, 2.24) is 10.2 Å². The molecule has 0 amide bonds. The average Bonchev–Trinajstić information content (AvgIpc) is 2.30. The third-order valence-electron chi connectivity index (χ3n) is 2.80. The molecule has 0 unspecified atom stereocenters. The Hall–Kier alpha value is -0.0800. The van der Waals surface area contributed by atoms with Gasteiger partial charge in [-0.25, -0.2) is 0 Å². The fourth-order valence-corrected chi connectivity index (χ4v) is 1.84. The van der Waals surface area contributed by atoms with Gasteiger partial charge in [-0.3, -0.25) is 0 Å². The van der Waals surface area contributed by atoms with Gasteiger partial charge >= 0.3 is 0 Å². The van der Waals surface area contributed by atoms with Gasteiger partial charge in [-0.2, -0.15) is 0 Å². The van der Waals surface area contributed by atoms with Gasteiger partial charge in [0.2, 0.25) is 0 Å². The van der Waals surface area contributed by atoms with Crippen LogP contribution in [0.2, 0.25) is 0 Å². The Labute approximate surface area is 90.1 Å². The van der Waals surface area contributed by atoms with Gasteiger partial charge < -0.3 is 10.2 Å². The summed E-state index contributed by atoms with van der Waals surface area (Å²) in [4.78, 5) is 2.53. The first-order valence-electron chi connectivity index (χ1n) is 6.25. The number of hydrogen-bond acceptors (Lipinski definition) is 2. The van der Waals surface area contributed by atoms with E-state index in [1.165, 1.54) is 45.3 Å². The van der Waals surface area contributed by atoms with Crippen molar-refractivity contribution < 1.29 is 0 Å². The normalized spacial score (nSPS) is 17.8. The van der Waals surface area contributed by atoms with Gasteiger partial charge in [-0.15, -0.1) is 0 Å². The first kappa shape index (κ1) is 13.9. The second kappa shape index (κ2) is 9.47. The molecule has 0 atom stereocenters. The fraction of sp³-hybridized carbons (Fsp3) is 1.00. The lowest BCUT2D eigenvalue weighted by atomic mass is 10.1. The molecule has 0 aromatic rings. The first-order valence-corrected chi connectivity index (χ1v) is 6.25. The van der Waals surface area contributed by atoms with Crippen LogP contribution in [0.3, 0.4) is 0 Å². The molecule has 1 N–H and O–H groups in total. The maximum atomic E-state index is 3.40. The van der Waals surface area contributed by atoms with Crippen molar-refractivity contribution in [3.63, 3.8) is 0 Å². The van der Waals surface area contributed by atoms with Crippen molar-refractivity contribution in [2.75, 3.05) is 26.7 Å². The molecule has 2 nitrogen and oxygen atoms in total. The van der Waals surface area contributed by atoms with E-state index in [2.05, 4.69) is 24.2 Å². The van der Waals surface area contributed by atoms with Crippen molar-refractivity contribution in [2.24, 2.45) is 0 Å². The Kier molecular flexibility index (Phi) is 9.42. The predicted octanol–water partition coefficient (Wildman–Crippen LogP) is 2.50. The van der Waals surface area contributed by atoms with E-state index in [0.717, 1.165) is 6.04 Å². The molecule has 14 heavy (non-hydrogen) atoms. The van der Waals surface area contributed by atoms with E-state index in [1.807, 2.05) is 13.8 Å². The Balaban J connectivity index is 0.000000791. The Bertz CT molecular complexity index is 109. The standard InChI is InChI=1S/C10H22N2.C2H6/c1-3-4-9-12(2)10-5-7-11-8-6-10;1-2/h10-11H,3-9H2,1-2H3;1-2H3. The third kappa shape index (κ3) is 5.61. The highest BCUT2D eigenvalue weighted by atomic mass is 15.1. The van der Waals surface area contributed by atoms with Crippen LogP contribution in [0.4, 0.5) is 0 Å². The highest BCUT2D eigenvalue weighted by Gasteiger charge is 2.16. The van der Waals surface area contributed by atoms with Gasteiger partial charge in [-0.05, 0) is 45.9 Å². The fourth-order valence-electron chi connectivity index (χ4n) is 1.84. The summed E-state index contributed by atoms with van der Waals surface area (Å²) in [6.07, 6.45) is 5.33. The van der Waals surface area contributed by atoms with Gasteiger partial charge in [0.05, 0.1) is 0 Å². The van der Waals surface area contributed by atoms with Crippen LogP contribution in [0.25, 0.3) is 0 Å². The van der Waals surface area contributed by atoms with Crippen LogP contribution in [0.5, 0.6) is 0 Å². The lowest BCUT2D eigenvalue weighted by molar-refractivity contribution is 0.197. The number of unbranched alkanes of at least 4 members (excludes halogenated alkanes) is 1. The number of nitrogens with one attached hydrogen (secondary N) is 1. The summed E-state index contributed by atoms with van der Waals surface area (Å²) in [5.74, 6) is 0. The zero-order chi connectivity index (χ0) is 10.8. The van der Waals surface area contributed by atoms with E-state index in [0.29, 0.717) is 0 Å². The minimum Gasteiger partial charge on any atom is -0.317 e. The molecule has 1 saturated heterocycles. The quantitative estimate of drug-likeness (QED) is 0.750. The molecule has 1 rings (SSSR count). The summed E-state index contributed by atoms with van der Waals surface area (Å²) >= 11 is 0. The lowest BCUT2D eigenvalue weighted by Gasteiger charge is -2.31. The molecule has 1 fully saturated rings. The number of hydrogen-bond donors (Lipinski definition) is 1. The van der Waals surface area contributed by atoms with Crippen molar-refractivity contribution in [2.45, 2.75) is 52.5 Å². The largest absolute Gasteiger partial charge is 0.317 e.